The molecule has 0 aromatic carbocycles. The van der Waals surface area contributed by atoms with Gasteiger partial charge in [0.1, 0.15) is 6.07 Å². The predicted octanol–water partition coefficient (Wildman–Crippen LogP) is 1.23. The number of hydrogen-bond donors (Lipinski definition) is 1. The highest BCUT2D eigenvalue weighted by molar-refractivity contribution is 5.71. The minimum absolute atomic E-state index is 0.00328. The van der Waals surface area contributed by atoms with Crippen LogP contribution in [0.2, 0.25) is 0 Å². The summed E-state index contributed by atoms with van der Waals surface area (Å²) in [6.45, 7) is 0.480. The third-order valence-electron chi connectivity index (χ3n) is 4.20. The number of hydrogen-bond acceptors (Lipinski definition) is 5. The molecule has 6 heteroatoms. The summed E-state index contributed by atoms with van der Waals surface area (Å²) in [5.74, 6) is -0.207. The molecule has 0 radical (unpaired) electrons. The molecule has 3 aliphatic carbocycles. The Morgan fingerprint density at radius 2 is 2.26 bits per heavy atom. The van der Waals surface area contributed by atoms with Crippen LogP contribution in [0.25, 0.3) is 0 Å². The lowest BCUT2D eigenvalue weighted by atomic mass is 9.70. The Labute approximate surface area is 110 Å². The quantitative estimate of drug-likeness (QED) is 0.873. The van der Waals surface area contributed by atoms with Gasteiger partial charge in [-0.05, 0) is 25.2 Å². The molecule has 3 saturated carbocycles. The second-order valence-corrected chi connectivity index (χ2v) is 5.46. The number of carbonyl (C=O) groups is 1. The first-order chi connectivity index (χ1) is 9.12. The normalized spacial score (nSPS) is 31.3. The van der Waals surface area contributed by atoms with Crippen molar-refractivity contribution in [1.29, 1.82) is 5.26 Å². The smallest absolute Gasteiger partial charge is 0.306 e. The molecular weight excluding hydrogens is 246 g/mol. The van der Waals surface area contributed by atoms with E-state index in [4.69, 9.17) is 15.1 Å². The molecule has 98 valence electrons. The van der Waals surface area contributed by atoms with Crippen molar-refractivity contribution in [1.82, 2.24) is 9.97 Å². The molecule has 1 heterocycles. The third-order valence-corrected chi connectivity index (χ3v) is 4.20. The predicted molar refractivity (Wildman–Crippen MR) is 63.1 cm³/mol. The summed E-state index contributed by atoms with van der Waals surface area (Å²) in [5, 5.41) is 17.7. The molecule has 1 atom stereocenters. The first-order valence-electron chi connectivity index (χ1n) is 6.20. The van der Waals surface area contributed by atoms with Crippen molar-refractivity contribution in [3.05, 3.63) is 18.1 Å². The molecule has 3 fully saturated rings. The highest BCUT2D eigenvalue weighted by atomic mass is 16.5. The topological polar surface area (TPSA) is 96.1 Å². The summed E-state index contributed by atoms with van der Waals surface area (Å²) in [6, 6.07) is 1.89. The van der Waals surface area contributed by atoms with E-state index in [-0.39, 0.29) is 17.0 Å². The lowest BCUT2D eigenvalue weighted by Gasteiger charge is -2.37. The first-order valence-corrected chi connectivity index (χ1v) is 6.20. The number of nitrogens with zero attached hydrogens (tertiary/aromatic N) is 3. The Morgan fingerprint density at radius 1 is 1.47 bits per heavy atom. The number of rotatable bonds is 4. The van der Waals surface area contributed by atoms with E-state index in [1.54, 1.807) is 0 Å². The zero-order valence-corrected chi connectivity index (χ0v) is 10.2. The van der Waals surface area contributed by atoms with Crippen LogP contribution in [0.3, 0.4) is 0 Å². The van der Waals surface area contributed by atoms with Gasteiger partial charge in [-0.1, -0.05) is 0 Å². The van der Waals surface area contributed by atoms with Gasteiger partial charge in [0.15, 0.2) is 5.69 Å². The van der Waals surface area contributed by atoms with Gasteiger partial charge in [-0.3, -0.25) is 4.79 Å². The van der Waals surface area contributed by atoms with Crippen LogP contribution in [-0.2, 0) is 4.79 Å². The van der Waals surface area contributed by atoms with E-state index in [9.17, 15) is 4.79 Å². The van der Waals surface area contributed by atoms with E-state index in [0.29, 0.717) is 24.8 Å². The molecule has 2 bridgehead atoms. The molecule has 0 unspecified atom stereocenters. The van der Waals surface area contributed by atoms with Gasteiger partial charge >= 0.3 is 5.97 Å². The molecule has 1 aromatic heterocycles. The van der Waals surface area contributed by atoms with Crippen molar-refractivity contribution < 1.29 is 14.6 Å². The largest absolute Gasteiger partial charge is 0.481 e. The second-order valence-electron chi connectivity index (χ2n) is 5.46. The average Bonchev–Trinajstić information content (AvgIpc) is 2.92. The maximum Gasteiger partial charge on any atom is 0.306 e. The van der Waals surface area contributed by atoms with Crippen LogP contribution in [0.15, 0.2) is 12.4 Å². The van der Waals surface area contributed by atoms with Gasteiger partial charge in [-0.25, -0.2) is 9.97 Å². The van der Waals surface area contributed by atoms with E-state index in [2.05, 4.69) is 9.97 Å². The van der Waals surface area contributed by atoms with Gasteiger partial charge in [0.05, 0.1) is 24.9 Å². The molecule has 1 N–H and O–H groups in total. The summed E-state index contributed by atoms with van der Waals surface area (Å²) >= 11 is 0. The Balaban J connectivity index is 1.59. The van der Waals surface area contributed by atoms with Gasteiger partial charge in [-0.2, -0.15) is 5.26 Å². The Kier molecular flexibility index (Phi) is 2.63. The van der Waals surface area contributed by atoms with Gasteiger partial charge < -0.3 is 9.84 Å². The van der Waals surface area contributed by atoms with E-state index in [0.717, 1.165) is 12.8 Å². The van der Waals surface area contributed by atoms with E-state index < -0.39 is 5.97 Å². The zero-order chi connectivity index (χ0) is 13.5. The van der Waals surface area contributed by atoms with Crippen LogP contribution < -0.4 is 4.74 Å². The van der Waals surface area contributed by atoms with Crippen molar-refractivity contribution in [3.63, 3.8) is 0 Å². The molecule has 0 spiro atoms. The van der Waals surface area contributed by atoms with E-state index >= 15 is 0 Å². The minimum Gasteiger partial charge on any atom is -0.481 e. The lowest BCUT2D eigenvalue weighted by Crippen LogP contribution is -2.34. The maximum absolute atomic E-state index is 11.0. The number of aromatic nitrogens is 2. The molecule has 1 aromatic rings. The van der Waals surface area contributed by atoms with Crippen LogP contribution in [-0.4, -0.2) is 27.7 Å². The van der Waals surface area contributed by atoms with Crippen molar-refractivity contribution in [3.8, 4) is 11.9 Å². The molecule has 0 saturated heterocycles. The molecule has 0 amide bonds. The van der Waals surface area contributed by atoms with Gasteiger partial charge in [0, 0.05) is 5.41 Å². The van der Waals surface area contributed by atoms with Crippen molar-refractivity contribution >= 4 is 5.97 Å². The fourth-order valence-corrected chi connectivity index (χ4v) is 3.28. The molecular formula is C13H13N3O3. The molecule has 6 nitrogen and oxygen atoms in total. The summed E-state index contributed by atoms with van der Waals surface area (Å²) in [6.07, 6.45) is 5.33. The number of nitriles is 1. The van der Waals surface area contributed by atoms with Crippen LogP contribution in [0, 0.1) is 28.6 Å². The van der Waals surface area contributed by atoms with Crippen molar-refractivity contribution in [2.45, 2.75) is 19.3 Å². The van der Waals surface area contributed by atoms with Crippen LogP contribution in [0.5, 0.6) is 5.88 Å². The summed E-state index contributed by atoms with van der Waals surface area (Å²) < 4.78 is 5.58. The number of ether oxygens (including phenoxy) is 1. The fourth-order valence-electron chi connectivity index (χ4n) is 3.28. The second kappa shape index (κ2) is 4.19. The summed E-state index contributed by atoms with van der Waals surface area (Å²) in [5.41, 5.74) is 0.254. The molecule has 3 aliphatic rings. The number of aliphatic carboxylic acids is 1. The van der Waals surface area contributed by atoms with Crippen LogP contribution >= 0.6 is 0 Å². The Bertz CT molecular complexity index is 543. The van der Waals surface area contributed by atoms with Crippen molar-refractivity contribution in [2.75, 3.05) is 6.61 Å². The van der Waals surface area contributed by atoms with Crippen molar-refractivity contribution in [2.24, 2.45) is 17.3 Å². The third kappa shape index (κ3) is 2.01. The standard InChI is InChI=1S/C13H13N3O3/c14-4-9-5-16-11(6-15-9)19-7-13-1-8(2-13)10(3-13)12(17)18/h5-6,8,10H,1-3,7H2,(H,17,18)/t8?,10-,13?/m0/s1. The zero-order valence-electron chi connectivity index (χ0n) is 10.2. The van der Waals surface area contributed by atoms with Gasteiger partial charge in [-0.15, -0.1) is 0 Å². The maximum atomic E-state index is 11.0. The van der Waals surface area contributed by atoms with Gasteiger partial charge in [0.25, 0.3) is 0 Å². The van der Waals surface area contributed by atoms with Crippen LogP contribution in [0.1, 0.15) is 25.0 Å². The highest BCUT2D eigenvalue weighted by Gasteiger charge is 2.58. The fraction of sp³-hybridized carbons (Fsp3) is 0.538. The average molecular weight is 259 g/mol. The number of carboxylic acid groups (broad SMARTS) is 1. The number of fused-ring (bicyclic) bond motifs is 1. The van der Waals surface area contributed by atoms with Crippen LogP contribution in [0.4, 0.5) is 0 Å². The molecule has 0 aliphatic heterocycles. The summed E-state index contributed by atoms with van der Waals surface area (Å²) in [7, 11) is 0. The first kappa shape index (κ1) is 11.9. The summed E-state index contributed by atoms with van der Waals surface area (Å²) in [4.78, 5) is 18.9. The Hall–Kier alpha value is -2.16. The molecule has 4 rings (SSSR count). The monoisotopic (exact) mass is 259 g/mol. The van der Waals surface area contributed by atoms with E-state index in [1.165, 1.54) is 12.4 Å². The minimum atomic E-state index is -0.692. The Morgan fingerprint density at radius 3 is 2.79 bits per heavy atom. The lowest BCUT2D eigenvalue weighted by molar-refractivity contribution is -0.142. The SMILES string of the molecule is N#Cc1cnc(OCC23CC(C2)[C@@H](C(=O)O)C3)cn1. The van der Waals surface area contributed by atoms with Gasteiger partial charge in [0.2, 0.25) is 5.88 Å². The highest BCUT2D eigenvalue weighted by Crippen LogP contribution is 2.61. The molecule has 19 heavy (non-hydrogen) atoms. The number of carboxylic acids is 1. The van der Waals surface area contributed by atoms with E-state index in [1.807, 2.05) is 6.07 Å².